The van der Waals surface area contributed by atoms with Crippen LogP contribution in [-0.2, 0) is 14.8 Å². The van der Waals surface area contributed by atoms with E-state index < -0.39 is 0 Å². The minimum atomic E-state index is 0.477. The summed E-state index contributed by atoms with van der Waals surface area (Å²) in [5.41, 5.74) is 1.28. The zero-order chi connectivity index (χ0) is 18.4. The molecule has 0 fully saturated rings. The van der Waals surface area contributed by atoms with Gasteiger partial charge in [0.25, 0.3) is 0 Å². The van der Waals surface area contributed by atoms with Crippen molar-refractivity contribution in [3.05, 3.63) is 40.1 Å². The molecule has 0 aliphatic carbocycles. The summed E-state index contributed by atoms with van der Waals surface area (Å²) in [6, 6.07) is 8.64. The molecule has 0 spiro atoms. The molecule has 0 saturated carbocycles. The van der Waals surface area contributed by atoms with Crippen LogP contribution in [0.4, 0.5) is 0 Å². The zero-order valence-corrected chi connectivity index (χ0v) is 17.8. The lowest BCUT2D eigenvalue weighted by atomic mass is 9.92. The van der Waals surface area contributed by atoms with Crippen LogP contribution in [0.1, 0.15) is 22.8 Å². The van der Waals surface area contributed by atoms with E-state index in [4.69, 9.17) is 13.1 Å². The van der Waals surface area contributed by atoms with E-state index in [-0.39, 0.29) is 0 Å². The standard InChI is InChI=1S/C19H25NO3S3/c1-20(10-8-15-5-4-12-24-15)13-14-9-11-23-18-16(14)6-7-17(25-21-2)19(18)26-22-3/h4-7,12,14H,8-11,13H2,1-3H3. The number of nitrogens with zero attached hydrogens (tertiary/aromatic N) is 1. The van der Waals surface area contributed by atoms with Crippen LogP contribution in [-0.4, -0.2) is 45.9 Å². The number of rotatable bonds is 9. The quantitative estimate of drug-likeness (QED) is 0.534. The van der Waals surface area contributed by atoms with Gasteiger partial charge < -0.3 is 18.0 Å². The summed E-state index contributed by atoms with van der Waals surface area (Å²) in [6.07, 6.45) is 2.16. The summed E-state index contributed by atoms with van der Waals surface area (Å²) in [4.78, 5) is 5.93. The molecule has 7 heteroatoms. The molecular formula is C19H25NO3S3. The molecule has 1 aromatic heterocycles. The van der Waals surface area contributed by atoms with E-state index in [0.29, 0.717) is 5.92 Å². The van der Waals surface area contributed by atoms with Crippen molar-refractivity contribution in [2.24, 2.45) is 0 Å². The van der Waals surface area contributed by atoms with Gasteiger partial charge in [0.05, 0.1) is 30.6 Å². The number of fused-ring (bicyclic) bond motifs is 1. The van der Waals surface area contributed by atoms with E-state index >= 15 is 0 Å². The summed E-state index contributed by atoms with van der Waals surface area (Å²) < 4.78 is 16.6. The van der Waals surface area contributed by atoms with Gasteiger partial charge in [0.2, 0.25) is 0 Å². The number of thiophene rings is 1. The molecule has 1 aliphatic heterocycles. The molecule has 1 aliphatic rings. The molecule has 4 nitrogen and oxygen atoms in total. The molecule has 3 rings (SSSR count). The Morgan fingerprint density at radius 3 is 2.81 bits per heavy atom. The Morgan fingerprint density at radius 1 is 1.23 bits per heavy atom. The van der Waals surface area contributed by atoms with Crippen LogP contribution in [0, 0.1) is 0 Å². The fraction of sp³-hybridized carbons (Fsp3) is 0.474. The maximum absolute atomic E-state index is 6.04. The lowest BCUT2D eigenvalue weighted by Crippen LogP contribution is -2.29. The van der Waals surface area contributed by atoms with Crippen LogP contribution in [0.5, 0.6) is 5.75 Å². The Balaban J connectivity index is 1.72. The van der Waals surface area contributed by atoms with Gasteiger partial charge in [0.15, 0.2) is 0 Å². The number of ether oxygens (including phenoxy) is 1. The third-order valence-electron chi connectivity index (χ3n) is 4.45. The van der Waals surface area contributed by atoms with Gasteiger partial charge in [0, 0.05) is 48.0 Å². The van der Waals surface area contributed by atoms with Gasteiger partial charge >= 0.3 is 0 Å². The highest BCUT2D eigenvalue weighted by molar-refractivity contribution is 7.97. The first-order valence-corrected chi connectivity index (χ1v) is 11.0. The first-order valence-electron chi connectivity index (χ1n) is 8.65. The van der Waals surface area contributed by atoms with E-state index in [1.807, 2.05) is 11.3 Å². The Kier molecular flexibility index (Phi) is 7.72. The van der Waals surface area contributed by atoms with Crippen molar-refractivity contribution in [2.45, 2.75) is 28.6 Å². The summed E-state index contributed by atoms with van der Waals surface area (Å²) in [6.45, 7) is 2.86. The molecule has 0 N–H and O–H groups in total. The third kappa shape index (κ3) is 4.97. The van der Waals surface area contributed by atoms with Gasteiger partial charge in [0.1, 0.15) is 5.75 Å². The second-order valence-electron chi connectivity index (χ2n) is 6.24. The molecule has 2 aromatic rings. The van der Waals surface area contributed by atoms with Crippen molar-refractivity contribution in [1.82, 2.24) is 4.90 Å². The van der Waals surface area contributed by atoms with E-state index in [0.717, 1.165) is 48.1 Å². The lowest BCUT2D eigenvalue weighted by Gasteiger charge is -2.31. The van der Waals surface area contributed by atoms with Gasteiger partial charge in [-0.3, -0.25) is 0 Å². The Labute approximate surface area is 168 Å². The third-order valence-corrected chi connectivity index (χ3v) is 6.94. The first-order chi connectivity index (χ1) is 12.7. The highest BCUT2D eigenvalue weighted by atomic mass is 32.2. The van der Waals surface area contributed by atoms with Crippen molar-refractivity contribution < 1.29 is 13.1 Å². The van der Waals surface area contributed by atoms with Crippen molar-refractivity contribution in [1.29, 1.82) is 0 Å². The molecular weight excluding hydrogens is 386 g/mol. The predicted octanol–water partition coefficient (Wildman–Crippen LogP) is 5.10. The summed E-state index contributed by atoms with van der Waals surface area (Å²) in [7, 11) is 5.57. The molecule has 1 aromatic carbocycles. The van der Waals surface area contributed by atoms with E-state index in [2.05, 4.69) is 41.6 Å². The normalized spacial score (nSPS) is 16.5. The van der Waals surface area contributed by atoms with Crippen LogP contribution in [0.25, 0.3) is 0 Å². The van der Waals surface area contributed by atoms with Gasteiger partial charge in [-0.05, 0) is 43.0 Å². The largest absolute Gasteiger partial charge is 0.492 e. The first kappa shape index (κ1) is 20.0. The maximum atomic E-state index is 6.04. The van der Waals surface area contributed by atoms with Gasteiger partial charge in [-0.1, -0.05) is 12.1 Å². The minimum Gasteiger partial charge on any atom is -0.492 e. The average Bonchev–Trinajstić information content (AvgIpc) is 3.16. The van der Waals surface area contributed by atoms with Crippen LogP contribution in [0.15, 0.2) is 39.4 Å². The van der Waals surface area contributed by atoms with Crippen LogP contribution >= 0.6 is 35.4 Å². The second kappa shape index (κ2) is 10.0. The lowest BCUT2D eigenvalue weighted by molar-refractivity contribution is 0.227. The Morgan fingerprint density at radius 2 is 2.08 bits per heavy atom. The molecule has 2 heterocycles. The Bertz CT molecular complexity index is 694. The Hall–Kier alpha value is -0.700. The van der Waals surface area contributed by atoms with Crippen LogP contribution < -0.4 is 4.74 Å². The molecule has 0 saturated heterocycles. The van der Waals surface area contributed by atoms with Crippen molar-refractivity contribution in [2.75, 3.05) is 41.0 Å². The smallest absolute Gasteiger partial charge is 0.139 e. The molecule has 26 heavy (non-hydrogen) atoms. The summed E-state index contributed by atoms with van der Waals surface area (Å²) in [5, 5.41) is 2.15. The minimum absolute atomic E-state index is 0.477. The van der Waals surface area contributed by atoms with Gasteiger partial charge in [-0.25, -0.2) is 0 Å². The number of hydrogen-bond donors (Lipinski definition) is 0. The summed E-state index contributed by atoms with van der Waals surface area (Å²) in [5.74, 6) is 1.44. The number of likely N-dealkylation sites (N-methyl/N-ethyl adjacent to an activating group) is 1. The van der Waals surface area contributed by atoms with Crippen molar-refractivity contribution >= 4 is 35.4 Å². The van der Waals surface area contributed by atoms with Crippen molar-refractivity contribution in [3.8, 4) is 5.75 Å². The molecule has 0 bridgehead atoms. The van der Waals surface area contributed by atoms with Gasteiger partial charge in [-0.15, -0.1) is 11.3 Å². The summed E-state index contributed by atoms with van der Waals surface area (Å²) >= 11 is 4.53. The molecule has 1 atom stereocenters. The molecule has 1 unspecified atom stereocenters. The topological polar surface area (TPSA) is 30.9 Å². The average molecular weight is 412 g/mol. The van der Waals surface area contributed by atoms with Gasteiger partial charge in [-0.2, -0.15) is 0 Å². The monoisotopic (exact) mass is 411 g/mol. The molecule has 142 valence electrons. The number of benzene rings is 1. The second-order valence-corrected chi connectivity index (χ2v) is 9.12. The van der Waals surface area contributed by atoms with E-state index in [9.17, 15) is 0 Å². The fourth-order valence-corrected chi connectivity index (χ4v) is 5.16. The highest BCUT2D eigenvalue weighted by Gasteiger charge is 2.27. The molecule has 0 radical (unpaired) electrons. The predicted molar refractivity (Wildman–Crippen MR) is 111 cm³/mol. The van der Waals surface area contributed by atoms with Crippen LogP contribution in [0.2, 0.25) is 0 Å². The highest BCUT2D eigenvalue weighted by Crippen LogP contribution is 2.45. The molecule has 0 amide bonds. The van der Waals surface area contributed by atoms with Crippen LogP contribution in [0.3, 0.4) is 0 Å². The van der Waals surface area contributed by atoms with E-state index in [1.165, 1.54) is 34.5 Å². The maximum Gasteiger partial charge on any atom is 0.139 e. The zero-order valence-electron chi connectivity index (χ0n) is 15.4. The fourth-order valence-electron chi connectivity index (χ4n) is 3.22. The van der Waals surface area contributed by atoms with E-state index in [1.54, 1.807) is 14.2 Å². The SMILES string of the molecule is COSc1ccc2c(c1SOC)OCCC2CN(C)CCc1cccs1. The number of hydrogen-bond acceptors (Lipinski definition) is 7. The van der Waals surface area contributed by atoms with Crippen molar-refractivity contribution in [3.63, 3.8) is 0 Å².